The third-order valence-corrected chi connectivity index (χ3v) is 3.65. The number of hydrogen-bond acceptors (Lipinski definition) is 5. The highest BCUT2D eigenvalue weighted by atomic mass is 16.2. The van der Waals surface area contributed by atoms with Crippen molar-refractivity contribution in [2.45, 2.75) is 26.7 Å². The smallest absolute Gasteiger partial charge is 0.258 e. The van der Waals surface area contributed by atoms with Crippen LogP contribution in [0.4, 0.5) is 11.6 Å². The molecule has 2 heterocycles. The first kappa shape index (κ1) is 15.8. The van der Waals surface area contributed by atoms with E-state index in [0.29, 0.717) is 11.3 Å². The molecule has 7 nitrogen and oxygen atoms in total. The second-order valence-corrected chi connectivity index (χ2v) is 5.60. The maximum atomic E-state index is 12.3. The molecule has 7 heteroatoms. The van der Waals surface area contributed by atoms with Gasteiger partial charge in [0.15, 0.2) is 0 Å². The molecule has 1 aliphatic heterocycles. The zero-order valence-electron chi connectivity index (χ0n) is 13.4. The highest BCUT2D eigenvalue weighted by Gasteiger charge is 2.30. The van der Waals surface area contributed by atoms with Crippen LogP contribution in [0.25, 0.3) is 0 Å². The standard InChI is InChI=1S/C17H16N4O3/c1-10-9-11(2)19-17(18-10)20-16(24)12-3-5-13(6-4-12)21-14(22)7-8-15(21)23/h3-6,9H,7-8H2,1-2H3,(H,18,19,20,24). The van der Waals surface area contributed by atoms with Gasteiger partial charge < -0.3 is 0 Å². The van der Waals surface area contributed by atoms with Gasteiger partial charge >= 0.3 is 0 Å². The number of nitrogens with one attached hydrogen (secondary N) is 1. The summed E-state index contributed by atoms with van der Waals surface area (Å²) in [5, 5.41) is 2.64. The molecule has 1 N–H and O–H groups in total. The molecule has 0 unspecified atom stereocenters. The van der Waals surface area contributed by atoms with Crippen LogP contribution in [0, 0.1) is 13.8 Å². The van der Waals surface area contributed by atoms with Crippen LogP contribution in [0.15, 0.2) is 30.3 Å². The number of benzene rings is 1. The van der Waals surface area contributed by atoms with Crippen LogP contribution in [-0.4, -0.2) is 27.7 Å². The predicted molar refractivity (Wildman–Crippen MR) is 87.6 cm³/mol. The summed E-state index contributed by atoms with van der Waals surface area (Å²) >= 11 is 0. The molecule has 122 valence electrons. The second-order valence-electron chi connectivity index (χ2n) is 5.60. The fraction of sp³-hybridized carbons (Fsp3) is 0.235. The van der Waals surface area contributed by atoms with Gasteiger partial charge in [-0.05, 0) is 44.2 Å². The highest BCUT2D eigenvalue weighted by molar-refractivity contribution is 6.20. The zero-order chi connectivity index (χ0) is 17.3. The summed E-state index contributed by atoms with van der Waals surface area (Å²) in [6.07, 6.45) is 0.455. The molecule has 0 spiro atoms. The molecule has 3 rings (SSSR count). The molecule has 0 bridgehead atoms. The summed E-state index contributed by atoms with van der Waals surface area (Å²) in [5.41, 5.74) is 2.39. The molecule has 3 amide bonds. The topological polar surface area (TPSA) is 92.3 Å². The zero-order valence-corrected chi connectivity index (χ0v) is 13.4. The number of hydrogen-bond donors (Lipinski definition) is 1. The normalized spacial score (nSPS) is 14.2. The van der Waals surface area contributed by atoms with Crippen molar-refractivity contribution in [2.24, 2.45) is 0 Å². The van der Waals surface area contributed by atoms with Gasteiger partial charge in [0.2, 0.25) is 17.8 Å². The minimum Gasteiger partial charge on any atom is -0.290 e. The maximum Gasteiger partial charge on any atom is 0.258 e. The minimum atomic E-state index is -0.356. The Morgan fingerprint density at radius 1 is 1.00 bits per heavy atom. The molecule has 24 heavy (non-hydrogen) atoms. The van der Waals surface area contributed by atoms with Crippen LogP contribution in [0.5, 0.6) is 0 Å². The monoisotopic (exact) mass is 324 g/mol. The molecular formula is C17H16N4O3. The number of aromatic nitrogens is 2. The van der Waals surface area contributed by atoms with Crippen molar-refractivity contribution >= 4 is 29.4 Å². The Kier molecular flexibility index (Phi) is 4.07. The van der Waals surface area contributed by atoms with Gasteiger partial charge in [0.1, 0.15) is 0 Å². The first-order chi connectivity index (χ1) is 11.4. The van der Waals surface area contributed by atoms with Crippen molar-refractivity contribution in [1.29, 1.82) is 0 Å². The molecule has 0 atom stereocenters. The van der Waals surface area contributed by atoms with E-state index in [1.165, 1.54) is 0 Å². The lowest BCUT2D eigenvalue weighted by atomic mass is 10.2. The second kappa shape index (κ2) is 6.19. The van der Waals surface area contributed by atoms with Crippen LogP contribution in [0.1, 0.15) is 34.6 Å². The average Bonchev–Trinajstić information content (AvgIpc) is 2.85. The van der Waals surface area contributed by atoms with Crippen molar-refractivity contribution < 1.29 is 14.4 Å². The van der Waals surface area contributed by atoms with Crippen molar-refractivity contribution in [2.75, 3.05) is 10.2 Å². The lowest BCUT2D eigenvalue weighted by Crippen LogP contribution is -2.28. The van der Waals surface area contributed by atoms with E-state index in [1.54, 1.807) is 24.3 Å². The van der Waals surface area contributed by atoms with Gasteiger partial charge in [-0.15, -0.1) is 0 Å². The number of anilines is 2. The van der Waals surface area contributed by atoms with Gasteiger partial charge in [-0.3, -0.25) is 24.6 Å². The Bertz CT molecular complexity index is 794. The van der Waals surface area contributed by atoms with Crippen molar-refractivity contribution in [3.8, 4) is 0 Å². The molecule has 1 aliphatic rings. The lowest BCUT2D eigenvalue weighted by Gasteiger charge is -2.14. The minimum absolute atomic E-state index is 0.221. The van der Waals surface area contributed by atoms with Gasteiger partial charge in [-0.1, -0.05) is 0 Å². The van der Waals surface area contributed by atoms with E-state index >= 15 is 0 Å². The number of carbonyl (C=O) groups excluding carboxylic acids is 3. The Hall–Kier alpha value is -3.09. The third kappa shape index (κ3) is 3.15. The summed E-state index contributed by atoms with van der Waals surface area (Å²) in [6, 6.07) is 8.10. The summed E-state index contributed by atoms with van der Waals surface area (Å²) in [6.45, 7) is 3.65. The van der Waals surface area contributed by atoms with Gasteiger partial charge in [0, 0.05) is 29.8 Å². The molecular weight excluding hydrogens is 308 g/mol. The molecule has 0 saturated carbocycles. The summed E-state index contributed by atoms with van der Waals surface area (Å²) in [7, 11) is 0. The summed E-state index contributed by atoms with van der Waals surface area (Å²) in [4.78, 5) is 45.2. The van der Waals surface area contributed by atoms with Crippen LogP contribution >= 0.6 is 0 Å². The summed E-state index contributed by atoms with van der Waals surface area (Å²) in [5.74, 6) is -0.557. The van der Waals surface area contributed by atoms with Gasteiger partial charge in [-0.25, -0.2) is 9.97 Å². The van der Waals surface area contributed by atoms with E-state index in [0.717, 1.165) is 16.3 Å². The van der Waals surface area contributed by atoms with Crippen LogP contribution < -0.4 is 10.2 Å². The number of carbonyl (C=O) groups is 3. The van der Waals surface area contributed by atoms with Crippen LogP contribution in [0.3, 0.4) is 0 Å². The first-order valence-electron chi connectivity index (χ1n) is 7.53. The van der Waals surface area contributed by atoms with Crippen molar-refractivity contribution in [1.82, 2.24) is 9.97 Å². The number of nitrogens with zero attached hydrogens (tertiary/aromatic N) is 3. The first-order valence-corrected chi connectivity index (χ1v) is 7.53. The number of amides is 3. The Balaban J connectivity index is 1.76. The fourth-order valence-corrected chi connectivity index (χ4v) is 2.58. The predicted octanol–water partition coefficient (Wildman–Crippen LogP) is 2.00. The number of rotatable bonds is 3. The van der Waals surface area contributed by atoms with Gasteiger partial charge in [0.25, 0.3) is 5.91 Å². The van der Waals surface area contributed by atoms with E-state index in [4.69, 9.17) is 0 Å². The molecule has 1 aromatic heterocycles. The van der Waals surface area contributed by atoms with E-state index < -0.39 is 0 Å². The number of imide groups is 1. The van der Waals surface area contributed by atoms with E-state index in [-0.39, 0.29) is 36.5 Å². The molecule has 1 aromatic carbocycles. The number of aryl methyl sites for hydroxylation is 2. The molecule has 0 aliphatic carbocycles. The molecule has 1 fully saturated rings. The van der Waals surface area contributed by atoms with Crippen LogP contribution in [0.2, 0.25) is 0 Å². The van der Waals surface area contributed by atoms with Crippen molar-refractivity contribution in [3.63, 3.8) is 0 Å². The molecule has 2 aromatic rings. The molecule has 0 radical (unpaired) electrons. The third-order valence-electron chi connectivity index (χ3n) is 3.65. The average molecular weight is 324 g/mol. The lowest BCUT2D eigenvalue weighted by molar-refractivity contribution is -0.121. The largest absolute Gasteiger partial charge is 0.290 e. The highest BCUT2D eigenvalue weighted by Crippen LogP contribution is 2.23. The SMILES string of the molecule is Cc1cc(C)nc(NC(=O)c2ccc(N3C(=O)CCC3=O)cc2)n1. The quantitative estimate of drug-likeness (QED) is 0.872. The fourth-order valence-electron chi connectivity index (χ4n) is 2.58. The summed E-state index contributed by atoms with van der Waals surface area (Å²) < 4.78 is 0. The molecule has 1 saturated heterocycles. The van der Waals surface area contributed by atoms with Gasteiger partial charge in [-0.2, -0.15) is 0 Å². The Labute approximate surface area is 138 Å². The van der Waals surface area contributed by atoms with Crippen LogP contribution in [-0.2, 0) is 9.59 Å². The Morgan fingerprint density at radius 2 is 1.54 bits per heavy atom. The van der Waals surface area contributed by atoms with Gasteiger partial charge in [0.05, 0.1) is 5.69 Å². The van der Waals surface area contributed by atoms with Crippen molar-refractivity contribution in [3.05, 3.63) is 47.3 Å². The maximum absolute atomic E-state index is 12.3. The van der Waals surface area contributed by atoms with E-state index in [9.17, 15) is 14.4 Å². The van der Waals surface area contributed by atoms with E-state index in [1.807, 2.05) is 19.9 Å². The Morgan fingerprint density at radius 3 is 2.08 bits per heavy atom. The van der Waals surface area contributed by atoms with E-state index in [2.05, 4.69) is 15.3 Å².